The molecule has 296 valence electrons. The third kappa shape index (κ3) is 7.55. The normalized spacial score (nSPS) is 22.2. The Labute approximate surface area is 326 Å². The van der Waals surface area contributed by atoms with Crippen LogP contribution in [0.1, 0.15) is 68.8 Å². The lowest BCUT2D eigenvalue weighted by atomic mass is 10.0. The topological polar surface area (TPSA) is 183 Å². The zero-order valence-electron chi connectivity index (χ0n) is 31.0. The van der Waals surface area contributed by atoms with E-state index in [-0.39, 0.29) is 41.9 Å². The number of morpholine rings is 1. The largest absolute Gasteiger partial charge is 0.377 e. The summed E-state index contributed by atoms with van der Waals surface area (Å²) in [6, 6.07) is 20.7. The van der Waals surface area contributed by atoms with E-state index >= 15 is 0 Å². The maximum absolute atomic E-state index is 14.9. The predicted molar refractivity (Wildman–Crippen MR) is 206 cm³/mol. The molecule has 4 aromatic carbocycles. The summed E-state index contributed by atoms with van der Waals surface area (Å²) in [5, 5.41) is 8.36. The number of hydrogen-bond acceptors (Lipinski definition) is 8. The van der Waals surface area contributed by atoms with Crippen LogP contribution in [0.15, 0.2) is 89.5 Å². The van der Waals surface area contributed by atoms with E-state index in [2.05, 4.69) is 10.5 Å². The van der Waals surface area contributed by atoms with E-state index < -0.39 is 49.4 Å². The fourth-order valence-electron chi connectivity index (χ4n) is 8.27. The second kappa shape index (κ2) is 15.5. The van der Waals surface area contributed by atoms with Crippen LogP contribution in [0.3, 0.4) is 0 Å². The summed E-state index contributed by atoms with van der Waals surface area (Å²) in [7, 11) is -5.09. The number of carbonyl (C=O) groups excluding carboxylic acids is 4. The van der Waals surface area contributed by atoms with E-state index in [0.29, 0.717) is 60.8 Å². The molecule has 0 spiro atoms. The van der Waals surface area contributed by atoms with Gasteiger partial charge in [-0.2, -0.15) is 0 Å². The van der Waals surface area contributed by atoms with Crippen molar-refractivity contribution in [1.82, 2.24) is 25.2 Å². The van der Waals surface area contributed by atoms with Gasteiger partial charge in [-0.3, -0.25) is 23.7 Å². The second-order valence-electron chi connectivity index (χ2n) is 14.9. The Morgan fingerprint density at radius 1 is 0.947 bits per heavy atom. The van der Waals surface area contributed by atoms with Gasteiger partial charge in [-0.05, 0) is 78.4 Å². The minimum Gasteiger partial charge on any atom is -0.377 e. The monoisotopic (exact) mass is 797 g/mol. The quantitative estimate of drug-likeness (QED) is 0.189. The van der Waals surface area contributed by atoms with E-state index in [0.717, 1.165) is 11.1 Å². The summed E-state index contributed by atoms with van der Waals surface area (Å²) in [6.45, 7) is 2.85. The number of ether oxygens (including phenoxy) is 1. The molecule has 3 aliphatic rings. The first-order valence-corrected chi connectivity index (χ1v) is 20.5. The molecule has 57 heavy (non-hydrogen) atoms. The van der Waals surface area contributed by atoms with Gasteiger partial charge < -0.3 is 39.1 Å². The number of aromatic nitrogens is 1. The van der Waals surface area contributed by atoms with Crippen LogP contribution in [0, 0.1) is 6.92 Å². The molecule has 5 aromatic rings. The Kier molecular flexibility index (Phi) is 10.4. The van der Waals surface area contributed by atoms with E-state index in [1.165, 1.54) is 35.2 Å². The summed E-state index contributed by atoms with van der Waals surface area (Å²) in [4.78, 5) is 81.3. The Morgan fingerprint density at radius 3 is 2.53 bits per heavy atom. The number of alkyl halides is 1. The van der Waals surface area contributed by atoms with Crippen molar-refractivity contribution in [3.05, 3.63) is 113 Å². The average Bonchev–Trinajstić information content (AvgIpc) is 3.84. The van der Waals surface area contributed by atoms with Gasteiger partial charge in [-0.25, -0.2) is 4.39 Å². The van der Waals surface area contributed by atoms with Gasteiger partial charge in [0.15, 0.2) is 11.3 Å². The van der Waals surface area contributed by atoms with Crippen LogP contribution in [-0.2, 0) is 18.9 Å². The highest BCUT2D eigenvalue weighted by Gasteiger charge is 2.48. The Bertz CT molecular complexity index is 2420. The third-order valence-corrected chi connectivity index (χ3v) is 12.1. The molecule has 4 heterocycles. The van der Waals surface area contributed by atoms with E-state index in [1.54, 1.807) is 28.0 Å². The lowest BCUT2D eigenvalue weighted by Crippen LogP contribution is -2.62. The first-order chi connectivity index (χ1) is 27.4. The van der Waals surface area contributed by atoms with Gasteiger partial charge in [0.25, 0.3) is 11.8 Å². The van der Waals surface area contributed by atoms with Gasteiger partial charge in [0.05, 0.1) is 31.2 Å². The van der Waals surface area contributed by atoms with Crippen molar-refractivity contribution in [2.75, 3.05) is 32.8 Å². The highest BCUT2D eigenvalue weighted by atomic mass is 31.2. The van der Waals surface area contributed by atoms with Crippen LogP contribution in [0.2, 0.25) is 0 Å². The summed E-state index contributed by atoms with van der Waals surface area (Å²) in [6.07, 6.45) is 1.29. The number of hydrogen-bond donors (Lipinski definition) is 3. The molecule has 16 heteroatoms. The maximum atomic E-state index is 14.9. The van der Waals surface area contributed by atoms with Crippen LogP contribution < -0.4 is 5.32 Å². The van der Waals surface area contributed by atoms with Gasteiger partial charge >= 0.3 is 7.60 Å². The molecule has 0 bridgehead atoms. The molecule has 3 aliphatic heterocycles. The van der Waals surface area contributed by atoms with Crippen LogP contribution >= 0.6 is 7.60 Å². The fraction of sp³-hybridized carbons (Fsp3) is 0.341. The summed E-state index contributed by atoms with van der Waals surface area (Å²) in [5.41, 5.74) is 2.15. The summed E-state index contributed by atoms with van der Waals surface area (Å²) in [5.74, 6) is -4.44. The van der Waals surface area contributed by atoms with Gasteiger partial charge in [0.1, 0.15) is 12.1 Å². The first-order valence-electron chi connectivity index (χ1n) is 18.8. The highest BCUT2D eigenvalue weighted by molar-refractivity contribution is 7.51. The van der Waals surface area contributed by atoms with E-state index in [4.69, 9.17) is 9.26 Å². The van der Waals surface area contributed by atoms with Crippen molar-refractivity contribution in [3.63, 3.8) is 0 Å². The van der Waals surface area contributed by atoms with Gasteiger partial charge in [-0.15, -0.1) is 0 Å². The van der Waals surface area contributed by atoms with Crippen molar-refractivity contribution < 1.29 is 47.2 Å². The van der Waals surface area contributed by atoms with Crippen molar-refractivity contribution in [3.8, 4) is 0 Å². The summed E-state index contributed by atoms with van der Waals surface area (Å²) < 4.78 is 37.5. The average molecular weight is 798 g/mol. The molecular formula is C41H41FN5O9P. The van der Waals surface area contributed by atoms with Gasteiger partial charge in [0, 0.05) is 24.7 Å². The zero-order chi connectivity index (χ0) is 40.0. The molecular weight excluding hydrogens is 756 g/mol. The van der Waals surface area contributed by atoms with Gasteiger partial charge in [-0.1, -0.05) is 65.3 Å². The molecule has 14 nitrogen and oxygen atoms in total. The fourth-order valence-corrected chi connectivity index (χ4v) is 8.81. The zero-order valence-corrected chi connectivity index (χ0v) is 31.9. The standard InChI is InChI=1S/C41H41FN5O9P/c1-24-7-14-35-31(19-24)36(44-56-35)41(51)45-16-15-30-12-13-33(40(50)46-17-18-55-23-34(46)26-5-3-2-4-6-26)47(30)39(49)32(22-45)43-38(48)28-11-9-25-8-10-27(20-29(25)21-28)37(42)57(52,53)54/h2-11,14,19-21,30,32-34,37H,12-13,15-18,22-23H2,1H3,(H,43,48)(H2,52,53,54)/t30-,32+,33+,34-,37?/m1/s1. The SMILES string of the molecule is Cc1ccc2onc(C(=O)N3CC[C@H]4CC[C@@H](C(=O)N5CCOC[C@@H]5c5ccccc5)N4C(=O)[C@@H](NC(=O)c4ccc5ccc(C(F)P(=O)(O)O)cc5c4)C3)c2c1. The maximum Gasteiger partial charge on any atom is 0.363 e. The lowest BCUT2D eigenvalue weighted by Gasteiger charge is -2.42. The molecule has 0 radical (unpaired) electrons. The van der Waals surface area contributed by atoms with E-state index in [9.17, 15) is 37.9 Å². The van der Waals surface area contributed by atoms with Crippen LogP contribution in [0.4, 0.5) is 4.39 Å². The van der Waals surface area contributed by atoms with Gasteiger partial charge in [0.2, 0.25) is 17.7 Å². The number of fused-ring (bicyclic) bond motifs is 3. The minimum absolute atomic E-state index is 0.0780. The number of amides is 4. The highest BCUT2D eigenvalue weighted by Crippen LogP contribution is 2.53. The molecule has 1 unspecified atom stereocenters. The van der Waals surface area contributed by atoms with Crippen LogP contribution in [0.5, 0.6) is 0 Å². The van der Waals surface area contributed by atoms with Crippen molar-refractivity contribution in [1.29, 1.82) is 0 Å². The number of nitrogens with zero attached hydrogens (tertiary/aromatic N) is 4. The van der Waals surface area contributed by atoms with Crippen LogP contribution in [0.25, 0.3) is 21.7 Å². The Balaban J connectivity index is 1.11. The molecule has 3 saturated heterocycles. The smallest absolute Gasteiger partial charge is 0.363 e. The van der Waals surface area contributed by atoms with Crippen molar-refractivity contribution in [2.45, 2.75) is 56.3 Å². The molecule has 1 aromatic heterocycles. The Hall–Kier alpha value is -5.47. The van der Waals surface area contributed by atoms with Crippen molar-refractivity contribution >= 4 is 53.0 Å². The molecule has 0 aliphatic carbocycles. The molecule has 3 N–H and O–H groups in total. The molecule has 8 rings (SSSR count). The van der Waals surface area contributed by atoms with Crippen molar-refractivity contribution in [2.24, 2.45) is 0 Å². The molecule has 4 amide bonds. The predicted octanol–water partition coefficient (Wildman–Crippen LogP) is 5.04. The second-order valence-corrected chi connectivity index (χ2v) is 16.5. The molecule has 5 atom stereocenters. The number of carbonyl (C=O) groups is 4. The molecule has 0 saturated carbocycles. The number of halogens is 1. The first kappa shape index (κ1) is 38.4. The molecule has 3 fully saturated rings. The van der Waals surface area contributed by atoms with E-state index in [1.807, 2.05) is 43.3 Å². The lowest BCUT2D eigenvalue weighted by molar-refractivity contribution is -0.152. The third-order valence-electron chi connectivity index (χ3n) is 11.2. The number of rotatable bonds is 7. The van der Waals surface area contributed by atoms with Crippen LogP contribution in [-0.4, -0.2) is 104 Å². The number of aryl methyl sites for hydroxylation is 1. The number of nitrogens with one attached hydrogen (secondary N) is 1. The number of benzene rings is 4. The Morgan fingerprint density at radius 2 is 1.74 bits per heavy atom. The minimum atomic E-state index is -5.09. The summed E-state index contributed by atoms with van der Waals surface area (Å²) >= 11 is 0.